The molecule has 0 aliphatic heterocycles. The molecule has 2 aromatic rings. The van der Waals surface area contributed by atoms with Crippen molar-refractivity contribution in [3.05, 3.63) is 52.2 Å². The van der Waals surface area contributed by atoms with Crippen molar-refractivity contribution in [3.63, 3.8) is 0 Å². The van der Waals surface area contributed by atoms with Crippen molar-refractivity contribution in [1.29, 1.82) is 0 Å². The van der Waals surface area contributed by atoms with Crippen LogP contribution in [-0.4, -0.2) is 26.7 Å². The molecule has 2 aromatic carbocycles. The molecule has 0 aliphatic carbocycles. The SMILES string of the molecule is O=c1ccc(-c2cccc(/C=N/O)c2)c(O)c(O)c1O. The van der Waals surface area contributed by atoms with Crippen LogP contribution in [0.15, 0.2) is 46.3 Å². The predicted octanol–water partition coefficient (Wildman–Crippen LogP) is 1.64. The average Bonchev–Trinajstić information content (AvgIpc) is 2.54. The maximum atomic E-state index is 11.4. The number of oxime groups is 1. The highest BCUT2D eigenvalue weighted by Crippen LogP contribution is 2.38. The smallest absolute Gasteiger partial charge is 0.224 e. The molecule has 0 aromatic heterocycles. The zero-order valence-electron chi connectivity index (χ0n) is 10.2. The van der Waals surface area contributed by atoms with Crippen LogP contribution >= 0.6 is 0 Å². The number of aromatic hydroxyl groups is 3. The summed E-state index contributed by atoms with van der Waals surface area (Å²) in [5.41, 5.74) is 0.386. The first-order chi connectivity index (χ1) is 9.54. The van der Waals surface area contributed by atoms with Gasteiger partial charge >= 0.3 is 0 Å². The Morgan fingerprint density at radius 1 is 0.950 bits per heavy atom. The summed E-state index contributed by atoms with van der Waals surface area (Å²) in [5, 5.41) is 40.3. The minimum atomic E-state index is -0.915. The van der Waals surface area contributed by atoms with E-state index in [0.717, 1.165) is 6.07 Å². The van der Waals surface area contributed by atoms with Crippen LogP contribution < -0.4 is 5.43 Å². The third kappa shape index (κ3) is 2.39. The fourth-order valence-electron chi connectivity index (χ4n) is 1.76. The zero-order chi connectivity index (χ0) is 14.7. The summed E-state index contributed by atoms with van der Waals surface area (Å²) < 4.78 is 0. The van der Waals surface area contributed by atoms with Crippen molar-refractivity contribution < 1.29 is 20.5 Å². The van der Waals surface area contributed by atoms with Gasteiger partial charge in [0.25, 0.3) is 0 Å². The van der Waals surface area contributed by atoms with E-state index in [1.165, 1.54) is 12.3 Å². The number of benzene rings is 1. The molecule has 4 N–H and O–H groups in total. The Kier molecular flexibility index (Phi) is 3.56. The Hall–Kier alpha value is -3.02. The summed E-state index contributed by atoms with van der Waals surface area (Å²) in [6.45, 7) is 0. The maximum Gasteiger partial charge on any atom is 0.224 e. The third-order valence-corrected chi connectivity index (χ3v) is 2.74. The molecule has 0 saturated carbocycles. The Morgan fingerprint density at radius 3 is 2.40 bits per heavy atom. The van der Waals surface area contributed by atoms with Crippen LogP contribution in [0.25, 0.3) is 11.1 Å². The number of hydrogen-bond acceptors (Lipinski definition) is 6. The maximum absolute atomic E-state index is 11.4. The van der Waals surface area contributed by atoms with E-state index in [4.69, 9.17) is 5.21 Å². The van der Waals surface area contributed by atoms with E-state index in [-0.39, 0.29) is 5.56 Å². The van der Waals surface area contributed by atoms with Crippen LogP contribution in [0.3, 0.4) is 0 Å². The first-order valence-corrected chi connectivity index (χ1v) is 5.60. The van der Waals surface area contributed by atoms with Crippen LogP contribution in [-0.2, 0) is 0 Å². The van der Waals surface area contributed by atoms with Gasteiger partial charge < -0.3 is 20.5 Å². The van der Waals surface area contributed by atoms with Crippen molar-refractivity contribution in [2.45, 2.75) is 0 Å². The summed E-state index contributed by atoms with van der Waals surface area (Å²) in [5.74, 6) is -2.40. The molecule has 102 valence electrons. The second-order valence-corrected chi connectivity index (χ2v) is 4.03. The number of nitrogens with zero attached hydrogens (tertiary/aromatic N) is 1. The molecule has 0 fully saturated rings. The van der Waals surface area contributed by atoms with E-state index in [1.807, 2.05) is 0 Å². The van der Waals surface area contributed by atoms with Gasteiger partial charge in [0.2, 0.25) is 16.9 Å². The standard InChI is InChI=1S/C14H11NO5/c16-11-5-4-10(12(17)14(19)13(11)18)9-3-1-2-8(6-9)7-15-20/h1-7,20H,(H3,16,17,18,19)/b15-7+. The van der Waals surface area contributed by atoms with Crippen molar-refractivity contribution in [2.24, 2.45) is 5.16 Å². The molecule has 0 heterocycles. The third-order valence-electron chi connectivity index (χ3n) is 2.74. The van der Waals surface area contributed by atoms with E-state index in [0.29, 0.717) is 11.1 Å². The zero-order valence-corrected chi connectivity index (χ0v) is 10.2. The van der Waals surface area contributed by atoms with Gasteiger partial charge in [-0.1, -0.05) is 23.4 Å². The Balaban J connectivity index is 2.71. The van der Waals surface area contributed by atoms with Gasteiger partial charge in [0, 0.05) is 5.56 Å². The van der Waals surface area contributed by atoms with Crippen LogP contribution in [0, 0.1) is 0 Å². The van der Waals surface area contributed by atoms with Gasteiger partial charge in [0.05, 0.1) is 6.21 Å². The van der Waals surface area contributed by atoms with Gasteiger partial charge in [0.1, 0.15) is 0 Å². The van der Waals surface area contributed by atoms with Gasteiger partial charge in [-0.2, -0.15) is 0 Å². The highest BCUT2D eigenvalue weighted by molar-refractivity contribution is 5.83. The van der Waals surface area contributed by atoms with Crippen molar-refractivity contribution in [1.82, 2.24) is 0 Å². The molecule has 0 spiro atoms. The van der Waals surface area contributed by atoms with Crippen LogP contribution in [0.5, 0.6) is 17.2 Å². The van der Waals surface area contributed by atoms with E-state index >= 15 is 0 Å². The monoisotopic (exact) mass is 273 g/mol. The van der Waals surface area contributed by atoms with E-state index in [2.05, 4.69) is 5.16 Å². The molecule has 20 heavy (non-hydrogen) atoms. The van der Waals surface area contributed by atoms with Gasteiger partial charge in [-0.3, -0.25) is 4.79 Å². The van der Waals surface area contributed by atoms with Crippen molar-refractivity contribution >= 4 is 6.21 Å². The first kappa shape index (κ1) is 13.4. The van der Waals surface area contributed by atoms with Gasteiger partial charge in [-0.15, -0.1) is 0 Å². The summed E-state index contributed by atoms with van der Waals surface area (Å²) in [7, 11) is 0. The topological polar surface area (TPSA) is 110 Å². The van der Waals surface area contributed by atoms with Crippen LogP contribution in [0.4, 0.5) is 0 Å². The summed E-state index contributed by atoms with van der Waals surface area (Å²) >= 11 is 0. The Bertz CT molecular complexity index is 740. The van der Waals surface area contributed by atoms with Crippen molar-refractivity contribution in [2.75, 3.05) is 0 Å². The van der Waals surface area contributed by atoms with Gasteiger partial charge in [-0.25, -0.2) is 0 Å². The lowest BCUT2D eigenvalue weighted by molar-refractivity contribution is 0.322. The van der Waals surface area contributed by atoms with Crippen LogP contribution in [0.1, 0.15) is 5.56 Å². The molecule has 0 amide bonds. The van der Waals surface area contributed by atoms with Gasteiger partial charge in [0.15, 0.2) is 5.75 Å². The molecule has 6 nitrogen and oxygen atoms in total. The van der Waals surface area contributed by atoms with Gasteiger partial charge in [-0.05, 0) is 29.3 Å². The minimum absolute atomic E-state index is 0.160. The molecule has 0 bridgehead atoms. The first-order valence-electron chi connectivity index (χ1n) is 5.60. The largest absolute Gasteiger partial charge is 0.504 e. The molecule has 0 unspecified atom stereocenters. The summed E-state index contributed by atoms with van der Waals surface area (Å²) in [6.07, 6.45) is 1.19. The molecule has 0 atom stereocenters. The summed E-state index contributed by atoms with van der Waals surface area (Å²) in [6, 6.07) is 8.84. The molecular formula is C14H11NO5. The summed E-state index contributed by atoms with van der Waals surface area (Å²) in [4.78, 5) is 11.4. The highest BCUT2D eigenvalue weighted by Gasteiger charge is 2.13. The molecular weight excluding hydrogens is 262 g/mol. The Morgan fingerprint density at radius 2 is 1.70 bits per heavy atom. The average molecular weight is 273 g/mol. The quantitative estimate of drug-likeness (QED) is 0.377. The number of hydrogen-bond donors (Lipinski definition) is 4. The molecule has 0 saturated heterocycles. The fourth-order valence-corrected chi connectivity index (χ4v) is 1.76. The number of rotatable bonds is 2. The highest BCUT2D eigenvalue weighted by atomic mass is 16.4. The lowest BCUT2D eigenvalue weighted by Crippen LogP contribution is -1.92. The molecule has 0 radical (unpaired) electrons. The minimum Gasteiger partial charge on any atom is -0.504 e. The Labute approximate surface area is 113 Å². The van der Waals surface area contributed by atoms with E-state index < -0.39 is 22.7 Å². The second kappa shape index (κ2) is 5.31. The molecule has 6 heteroatoms. The lowest BCUT2D eigenvalue weighted by Gasteiger charge is -2.04. The van der Waals surface area contributed by atoms with E-state index in [1.54, 1.807) is 24.3 Å². The lowest BCUT2D eigenvalue weighted by atomic mass is 10.0. The molecule has 2 rings (SSSR count). The van der Waals surface area contributed by atoms with Crippen molar-refractivity contribution in [3.8, 4) is 28.4 Å². The van der Waals surface area contributed by atoms with Crippen LogP contribution in [0.2, 0.25) is 0 Å². The normalized spacial score (nSPS) is 10.8. The fraction of sp³-hybridized carbons (Fsp3) is 0. The molecule has 0 aliphatic rings. The predicted molar refractivity (Wildman–Crippen MR) is 72.5 cm³/mol. The van der Waals surface area contributed by atoms with E-state index in [9.17, 15) is 20.1 Å². The second-order valence-electron chi connectivity index (χ2n) is 4.03.